The highest BCUT2D eigenvalue weighted by Gasteiger charge is 2.21. The van der Waals surface area contributed by atoms with Crippen molar-refractivity contribution in [2.45, 2.75) is 46.1 Å². The van der Waals surface area contributed by atoms with Crippen LogP contribution in [-0.4, -0.2) is 13.2 Å². The van der Waals surface area contributed by atoms with Crippen molar-refractivity contribution in [3.05, 3.63) is 27.2 Å². The van der Waals surface area contributed by atoms with Gasteiger partial charge in [0, 0.05) is 18.5 Å². The normalized spacial score (nSPS) is 13.5. The van der Waals surface area contributed by atoms with E-state index in [0.29, 0.717) is 0 Å². The van der Waals surface area contributed by atoms with Crippen LogP contribution < -0.4 is 10.1 Å². The zero-order valence-corrected chi connectivity index (χ0v) is 12.9. The molecule has 2 nitrogen and oxygen atoms in total. The Balaban J connectivity index is 2.26. The van der Waals surface area contributed by atoms with E-state index in [2.05, 4.69) is 41.2 Å². The molecule has 100 valence electrons. The van der Waals surface area contributed by atoms with E-state index in [0.717, 1.165) is 42.8 Å². The lowest BCUT2D eigenvalue weighted by Gasteiger charge is -2.14. The fourth-order valence-electron chi connectivity index (χ4n) is 2.49. The van der Waals surface area contributed by atoms with Crippen LogP contribution in [0.3, 0.4) is 0 Å². The first kappa shape index (κ1) is 13.9. The number of hydrogen-bond acceptors (Lipinski definition) is 2. The second-order valence-electron chi connectivity index (χ2n) is 4.84. The lowest BCUT2D eigenvalue weighted by Crippen LogP contribution is -2.14. The minimum atomic E-state index is 0.830. The molecular weight excluding hydrogens is 290 g/mol. The summed E-state index contributed by atoms with van der Waals surface area (Å²) in [5.41, 5.74) is 4.22. The first-order chi connectivity index (χ1) is 8.77. The maximum absolute atomic E-state index is 5.79. The molecule has 1 N–H and O–H groups in total. The van der Waals surface area contributed by atoms with Crippen molar-refractivity contribution in [3.63, 3.8) is 0 Å². The van der Waals surface area contributed by atoms with E-state index >= 15 is 0 Å². The van der Waals surface area contributed by atoms with Crippen LogP contribution in [0.2, 0.25) is 0 Å². The molecule has 0 radical (unpaired) electrons. The molecular formula is C15H22BrNO. The molecule has 0 unspecified atom stereocenters. The predicted molar refractivity (Wildman–Crippen MR) is 79.3 cm³/mol. The second-order valence-corrected chi connectivity index (χ2v) is 5.63. The molecule has 0 saturated heterocycles. The van der Waals surface area contributed by atoms with Crippen molar-refractivity contribution in [1.29, 1.82) is 0 Å². The van der Waals surface area contributed by atoms with Crippen LogP contribution in [0.4, 0.5) is 0 Å². The molecule has 0 aliphatic carbocycles. The van der Waals surface area contributed by atoms with E-state index < -0.39 is 0 Å². The fourth-order valence-corrected chi connectivity index (χ4v) is 3.09. The van der Waals surface area contributed by atoms with E-state index in [4.69, 9.17) is 4.74 Å². The van der Waals surface area contributed by atoms with E-state index in [1.165, 1.54) is 29.5 Å². The zero-order chi connectivity index (χ0) is 13.0. The molecule has 0 amide bonds. The van der Waals surface area contributed by atoms with Gasteiger partial charge in [-0.2, -0.15) is 0 Å². The number of fused-ring (bicyclic) bond motifs is 1. The Labute approximate surface area is 118 Å². The quantitative estimate of drug-likeness (QED) is 0.806. The molecule has 1 aliphatic heterocycles. The summed E-state index contributed by atoms with van der Waals surface area (Å²) >= 11 is 3.70. The minimum absolute atomic E-state index is 0.830. The van der Waals surface area contributed by atoms with Gasteiger partial charge in [0.25, 0.3) is 0 Å². The molecule has 0 aromatic heterocycles. The average Bonchev–Trinajstić information content (AvgIpc) is 2.85. The van der Waals surface area contributed by atoms with E-state index in [1.807, 2.05) is 0 Å². The first-order valence-corrected chi connectivity index (χ1v) is 7.73. The summed E-state index contributed by atoms with van der Waals surface area (Å²) in [6, 6.07) is 2.35. The molecule has 0 saturated carbocycles. The monoisotopic (exact) mass is 311 g/mol. The van der Waals surface area contributed by atoms with Crippen LogP contribution in [0.25, 0.3) is 0 Å². The standard InChI is InChI=1S/C15H22BrNO/c1-3-5-11-9-12(10-17-7-4-2)14(16)15-13(11)6-8-18-15/h9,17H,3-8,10H2,1-2H3. The summed E-state index contributed by atoms with van der Waals surface area (Å²) in [7, 11) is 0. The Morgan fingerprint density at radius 2 is 2.11 bits per heavy atom. The van der Waals surface area contributed by atoms with Gasteiger partial charge in [0.15, 0.2) is 0 Å². The van der Waals surface area contributed by atoms with Gasteiger partial charge in [-0.05, 0) is 46.4 Å². The van der Waals surface area contributed by atoms with Crippen molar-refractivity contribution in [2.24, 2.45) is 0 Å². The zero-order valence-electron chi connectivity index (χ0n) is 11.3. The van der Waals surface area contributed by atoms with Crippen LogP contribution in [0, 0.1) is 0 Å². The number of ether oxygens (including phenoxy) is 1. The predicted octanol–water partition coefficient (Wildman–Crippen LogP) is 3.84. The van der Waals surface area contributed by atoms with Gasteiger partial charge in [0.2, 0.25) is 0 Å². The molecule has 1 aromatic rings. The summed E-state index contributed by atoms with van der Waals surface area (Å²) in [5.74, 6) is 1.09. The third kappa shape index (κ3) is 2.89. The van der Waals surface area contributed by atoms with Crippen LogP contribution >= 0.6 is 15.9 Å². The molecule has 1 aliphatic rings. The summed E-state index contributed by atoms with van der Waals surface area (Å²) in [6.07, 6.45) is 4.57. The largest absolute Gasteiger partial charge is 0.492 e. The SMILES string of the molecule is CCCNCc1cc(CCC)c2c(c1Br)OCC2. The van der Waals surface area contributed by atoms with Gasteiger partial charge < -0.3 is 10.1 Å². The smallest absolute Gasteiger partial charge is 0.137 e. The molecule has 0 bridgehead atoms. The first-order valence-electron chi connectivity index (χ1n) is 6.94. The van der Waals surface area contributed by atoms with E-state index in [1.54, 1.807) is 0 Å². The van der Waals surface area contributed by atoms with Crippen LogP contribution in [0.15, 0.2) is 10.5 Å². The third-order valence-corrected chi connectivity index (χ3v) is 4.22. The lowest BCUT2D eigenvalue weighted by atomic mass is 9.98. The van der Waals surface area contributed by atoms with E-state index in [9.17, 15) is 0 Å². The summed E-state index contributed by atoms with van der Waals surface area (Å²) in [5, 5.41) is 3.47. The van der Waals surface area contributed by atoms with Gasteiger partial charge in [0.05, 0.1) is 11.1 Å². The molecule has 0 fully saturated rings. The number of benzene rings is 1. The Hall–Kier alpha value is -0.540. The maximum atomic E-state index is 5.79. The average molecular weight is 312 g/mol. The number of halogens is 1. The molecule has 18 heavy (non-hydrogen) atoms. The lowest BCUT2D eigenvalue weighted by molar-refractivity contribution is 0.354. The Bertz CT molecular complexity index is 417. The molecule has 2 rings (SSSR count). The van der Waals surface area contributed by atoms with Crippen molar-refractivity contribution in [2.75, 3.05) is 13.2 Å². The molecule has 3 heteroatoms. The van der Waals surface area contributed by atoms with Gasteiger partial charge in [-0.15, -0.1) is 0 Å². The molecule has 0 spiro atoms. The second kappa shape index (κ2) is 6.58. The highest BCUT2D eigenvalue weighted by molar-refractivity contribution is 9.10. The van der Waals surface area contributed by atoms with Crippen LogP contribution in [0.5, 0.6) is 5.75 Å². The summed E-state index contributed by atoms with van der Waals surface area (Å²) in [6.45, 7) is 7.24. The minimum Gasteiger partial charge on any atom is -0.492 e. The molecule has 1 heterocycles. The van der Waals surface area contributed by atoms with Gasteiger partial charge >= 0.3 is 0 Å². The Morgan fingerprint density at radius 1 is 1.28 bits per heavy atom. The fraction of sp³-hybridized carbons (Fsp3) is 0.600. The van der Waals surface area contributed by atoms with Crippen molar-refractivity contribution in [1.82, 2.24) is 5.32 Å². The summed E-state index contributed by atoms with van der Waals surface area (Å²) < 4.78 is 6.94. The van der Waals surface area contributed by atoms with Crippen molar-refractivity contribution in [3.8, 4) is 5.75 Å². The Kier molecular flexibility index (Phi) is 5.07. The maximum Gasteiger partial charge on any atom is 0.137 e. The molecule has 0 atom stereocenters. The van der Waals surface area contributed by atoms with Crippen LogP contribution in [0.1, 0.15) is 43.4 Å². The van der Waals surface area contributed by atoms with Gasteiger partial charge in [0.1, 0.15) is 5.75 Å². The van der Waals surface area contributed by atoms with E-state index in [-0.39, 0.29) is 0 Å². The molecule has 1 aromatic carbocycles. The van der Waals surface area contributed by atoms with Gasteiger partial charge in [-0.25, -0.2) is 0 Å². The number of rotatable bonds is 6. The van der Waals surface area contributed by atoms with Crippen LogP contribution in [-0.2, 0) is 19.4 Å². The summed E-state index contributed by atoms with van der Waals surface area (Å²) in [4.78, 5) is 0. The van der Waals surface area contributed by atoms with Gasteiger partial charge in [-0.1, -0.05) is 26.3 Å². The van der Waals surface area contributed by atoms with Crippen molar-refractivity contribution < 1.29 is 4.74 Å². The number of nitrogens with one attached hydrogen (secondary N) is 1. The Morgan fingerprint density at radius 3 is 2.83 bits per heavy atom. The highest BCUT2D eigenvalue weighted by Crippen LogP contribution is 2.39. The van der Waals surface area contributed by atoms with Crippen molar-refractivity contribution >= 4 is 15.9 Å². The third-order valence-electron chi connectivity index (χ3n) is 3.35. The topological polar surface area (TPSA) is 21.3 Å². The van der Waals surface area contributed by atoms with Gasteiger partial charge in [-0.3, -0.25) is 0 Å². The number of aryl methyl sites for hydroxylation is 1. The highest BCUT2D eigenvalue weighted by atomic mass is 79.9. The number of hydrogen-bond donors (Lipinski definition) is 1.